The highest BCUT2D eigenvalue weighted by Gasteiger charge is 1.89. The van der Waals surface area contributed by atoms with E-state index in [9.17, 15) is 0 Å². The summed E-state index contributed by atoms with van der Waals surface area (Å²) in [7, 11) is 0. The standard InChI is InChI=1S/C7H18N2/c1-3-4-5-9-6-7(2)8/h7,9H,3-6,8H2,1-2H3/t7-/m1/s1. The van der Waals surface area contributed by atoms with E-state index in [0.717, 1.165) is 13.1 Å². The third kappa shape index (κ3) is 7.92. The van der Waals surface area contributed by atoms with Gasteiger partial charge in [0.05, 0.1) is 0 Å². The van der Waals surface area contributed by atoms with Gasteiger partial charge in [-0.25, -0.2) is 0 Å². The molecule has 0 heterocycles. The molecule has 1 atom stereocenters. The molecule has 2 heteroatoms. The maximum Gasteiger partial charge on any atom is 0.0136 e. The Kier molecular flexibility index (Phi) is 5.99. The zero-order valence-electron chi connectivity index (χ0n) is 6.48. The van der Waals surface area contributed by atoms with Crippen LogP contribution in [0.1, 0.15) is 26.7 Å². The molecule has 56 valence electrons. The summed E-state index contributed by atoms with van der Waals surface area (Å²) >= 11 is 0. The number of unbranched alkanes of at least 4 members (excludes halogenated alkanes) is 1. The van der Waals surface area contributed by atoms with Crippen molar-refractivity contribution in [3.05, 3.63) is 0 Å². The Morgan fingerprint density at radius 1 is 1.56 bits per heavy atom. The highest BCUT2D eigenvalue weighted by molar-refractivity contribution is 4.56. The van der Waals surface area contributed by atoms with E-state index >= 15 is 0 Å². The third-order valence-corrected chi connectivity index (χ3v) is 1.17. The Morgan fingerprint density at radius 3 is 2.67 bits per heavy atom. The lowest BCUT2D eigenvalue weighted by atomic mass is 10.3. The Labute approximate surface area is 57.8 Å². The lowest BCUT2D eigenvalue weighted by Crippen LogP contribution is -2.31. The molecule has 0 unspecified atom stereocenters. The van der Waals surface area contributed by atoms with Gasteiger partial charge in [0.2, 0.25) is 0 Å². The van der Waals surface area contributed by atoms with Crippen LogP contribution >= 0.6 is 0 Å². The van der Waals surface area contributed by atoms with E-state index in [1.807, 2.05) is 6.92 Å². The van der Waals surface area contributed by atoms with E-state index in [1.54, 1.807) is 0 Å². The molecule has 2 nitrogen and oxygen atoms in total. The van der Waals surface area contributed by atoms with E-state index in [2.05, 4.69) is 12.2 Å². The number of nitrogens with two attached hydrogens (primary N) is 1. The van der Waals surface area contributed by atoms with Crippen LogP contribution in [0.2, 0.25) is 0 Å². The minimum atomic E-state index is 0.293. The second-order valence-electron chi connectivity index (χ2n) is 2.53. The van der Waals surface area contributed by atoms with Gasteiger partial charge in [-0.05, 0) is 19.9 Å². The second kappa shape index (κ2) is 6.05. The molecular formula is C7H18N2. The van der Waals surface area contributed by atoms with Gasteiger partial charge in [0.1, 0.15) is 0 Å². The minimum Gasteiger partial charge on any atom is -0.327 e. The third-order valence-electron chi connectivity index (χ3n) is 1.17. The molecule has 0 bridgehead atoms. The van der Waals surface area contributed by atoms with E-state index in [0.29, 0.717) is 6.04 Å². The van der Waals surface area contributed by atoms with Crippen molar-refractivity contribution in [2.75, 3.05) is 13.1 Å². The van der Waals surface area contributed by atoms with E-state index in [4.69, 9.17) is 5.73 Å². The van der Waals surface area contributed by atoms with Crippen LogP contribution in [0.5, 0.6) is 0 Å². The monoisotopic (exact) mass is 130 g/mol. The molecule has 0 saturated heterocycles. The molecule has 9 heavy (non-hydrogen) atoms. The van der Waals surface area contributed by atoms with Crippen LogP contribution in [-0.2, 0) is 0 Å². The average molecular weight is 130 g/mol. The van der Waals surface area contributed by atoms with Crippen LogP contribution < -0.4 is 11.1 Å². The van der Waals surface area contributed by atoms with Crippen LogP contribution in [0.4, 0.5) is 0 Å². The maximum absolute atomic E-state index is 5.51. The summed E-state index contributed by atoms with van der Waals surface area (Å²) in [5.41, 5.74) is 5.51. The first-order chi connectivity index (χ1) is 4.27. The van der Waals surface area contributed by atoms with E-state index in [-0.39, 0.29) is 0 Å². The molecule has 0 spiro atoms. The highest BCUT2D eigenvalue weighted by Crippen LogP contribution is 1.81. The zero-order chi connectivity index (χ0) is 7.11. The minimum absolute atomic E-state index is 0.293. The summed E-state index contributed by atoms with van der Waals surface area (Å²) in [4.78, 5) is 0. The summed E-state index contributed by atoms with van der Waals surface area (Å²) in [5, 5.41) is 3.26. The maximum atomic E-state index is 5.51. The Hall–Kier alpha value is -0.0800. The number of nitrogens with one attached hydrogen (secondary N) is 1. The molecule has 0 saturated carbocycles. The molecule has 0 fully saturated rings. The Bertz CT molecular complexity index is 52.9. The quantitative estimate of drug-likeness (QED) is 0.538. The van der Waals surface area contributed by atoms with Crippen molar-refractivity contribution >= 4 is 0 Å². The van der Waals surface area contributed by atoms with Gasteiger partial charge >= 0.3 is 0 Å². The fraction of sp³-hybridized carbons (Fsp3) is 1.00. The van der Waals surface area contributed by atoms with Crippen molar-refractivity contribution in [2.45, 2.75) is 32.7 Å². The van der Waals surface area contributed by atoms with Gasteiger partial charge in [0, 0.05) is 12.6 Å². The van der Waals surface area contributed by atoms with Crippen molar-refractivity contribution in [3.8, 4) is 0 Å². The molecule has 0 aliphatic heterocycles. The SMILES string of the molecule is CCCCNC[C@@H](C)N. The van der Waals surface area contributed by atoms with Gasteiger partial charge < -0.3 is 11.1 Å². The molecular weight excluding hydrogens is 112 g/mol. The Balaban J connectivity index is 2.75. The van der Waals surface area contributed by atoms with Gasteiger partial charge in [-0.2, -0.15) is 0 Å². The van der Waals surface area contributed by atoms with Crippen molar-refractivity contribution in [3.63, 3.8) is 0 Å². The first-order valence-corrected chi connectivity index (χ1v) is 3.73. The predicted molar refractivity (Wildman–Crippen MR) is 41.4 cm³/mol. The molecule has 0 amide bonds. The van der Waals surface area contributed by atoms with E-state index in [1.165, 1.54) is 12.8 Å². The molecule has 0 radical (unpaired) electrons. The summed E-state index contributed by atoms with van der Waals surface area (Å²) in [6, 6.07) is 0.293. The molecule has 0 aromatic carbocycles. The molecule has 0 aliphatic carbocycles. The summed E-state index contributed by atoms with van der Waals surface area (Å²) in [5.74, 6) is 0. The summed E-state index contributed by atoms with van der Waals surface area (Å²) in [6.07, 6.45) is 2.51. The number of hydrogen-bond acceptors (Lipinski definition) is 2. The van der Waals surface area contributed by atoms with Crippen LogP contribution in [0.25, 0.3) is 0 Å². The molecule has 0 aromatic rings. The van der Waals surface area contributed by atoms with Crippen LogP contribution in [0.3, 0.4) is 0 Å². The fourth-order valence-electron chi connectivity index (χ4n) is 0.632. The van der Waals surface area contributed by atoms with Crippen molar-refractivity contribution in [1.29, 1.82) is 0 Å². The summed E-state index contributed by atoms with van der Waals surface area (Å²) in [6.45, 7) is 6.25. The largest absolute Gasteiger partial charge is 0.327 e. The Morgan fingerprint density at radius 2 is 2.22 bits per heavy atom. The van der Waals surface area contributed by atoms with E-state index < -0.39 is 0 Å². The normalized spacial score (nSPS) is 13.7. The van der Waals surface area contributed by atoms with Crippen LogP contribution in [0.15, 0.2) is 0 Å². The summed E-state index contributed by atoms with van der Waals surface area (Å²) < 4.78 is 0. The zero-order valence-corrected chi connectivity index (χ0v) is 6.48. The fourth-order valence-corrected chi connectivity index (χ4v) is 0.632. The first-order valence-electron chi connectivity index (χ1n) is 3.73. The highest BCUT2D eigenvalue weighted by atomic mass is 14.9. The second-order valence-corrected chi connectivity index (χ2v) is 2.53. The van der Waals surface area contributed by atoms with Gasteiger partial charge in [0.15, 0.2) is 0 Å². The topological polar surface area (TPSA) is 38.0 Å². The van der Waals surface area contributed by atoms with Gasteiger partial charge in [0.25, 0.3) is 0 Å². The predicted octanol–water partition coefficient (Wildman–Crippen LogP) is 0.723. The number of hydrogen-bond donors (Lipinski definition) is 2. The first kappa shape index (κ1) is 8.92. The lowest BCUT2D eigenvalue weighted by Gasteiger charge is -2.05. The van der Waals surface area contributed by atoms with Crippen LogP contribution in [-0.4, -0.2) is 19.1 Å². The number of rotatable bonds is 5. The van der Waals surface area contributed by atoms with Crippen LogP contribution in [0, 0.1) is 0 Å². The smallest absolute Gasteiger partial charge is 0.0136 e. The molecule has 0 aromatic heterocycles. The van der Waals surface area contributed by atoms with Gasteiger partial charge in [-0.15, -0.1) is 0 Å². The van der Waals surface area contributed by atoms with Gasteiger partial charge in [-0.3, -0.25) is 0 Å². The van der Waals surface area contributed by atoms with Crippen molar-refractivity contribution in [1.82, 2.24) is 5.32 Å². The average Bonchev–Trinajstić information content (AvgIpc) is 1.80. The molecule has 3 N–H and O–H groups in total. The molecule has 0 aliphatic rings. The van der Waals surface area contributed by atoms with Crippen molar-refractivity contribution in [2.24, 2.45) is 5.73 Å². The molecule has 0 rings (SSSR count). The van der Waals surface area contributed by atoms with Crippen molar-refractivity contribution < 1.29 is 0 Å². The van der Waals surface area contributed by atoms with Gasteiger partial charge in [-0.1, -0.05) is 13.3 Å². The lowest BCUT2D eigenvalue weighted by molar-refractivity contribution is 0.587.